The molecule has 8 heteroatoms. The van der Waals surface area contributed by atoms with E-state index in [0.717, 1.165) is 16.7 Å². The molecule has 1 N–H and O–H groups in total. The first-order valence-electron chi connectivity index (χ1n) is 8.36. The molecule has 4 heterocycles. The molecule has 4 aromatic heterocycles. The molecule has 0 saturated heterocycles. The average molecular weight is 363 g/mol. The lowest BCUT2D eigenvalue weighted by Crippen LogP contribution is -2.18. The number of hydrogen-bond donors (Lipinski definition) is 1. The van der Waals surface area contributed by atoms with Gasteiger partial charge in [0.2, 0.25) is 0 Å². The van der Waals surface area contributed by atoms with Crippen LogP contribution in [0.1, 0.15) is 22.0 Å². The van der Waals surface area contributed by atoms with Gasteiger partial charge in [-0.2, -0.15) is 5.10 Å². The predicted octanol–water partition coefficient (Wildman–Crippen LogP) is 2.33. The van der Waals surface area contributed by atoms with Gasteiger partial charge in [0.15, 0.2) is 11.4 Å². The van der Waals surface area contributed by atoms with Gasteiger partial charge in [-0.05, 0) is 31.2 Å². The largest absolute Gasteiger partial charge is 0.454 e. The van der Waals surface area contributed by atoms with Gasteiger partial charge in [0, 0.05) is 24.7 Å². The molecule has 0 atom stereocenters. The lowest BCUT2D eigenvalue weighted by molar-refractivity contribution is 0.0994. The van der Waals surface area contributed by atoms with Crippen molar-refractivity contribution in [2.45, 2.75) is 13.5 Å². The molecule has 0 fully saturated rings. The van der Waals surface area contributed by atoms with Crippen molar-refractivity contribution >= 4 is 22.6 Å². The van der Waals surface area contributed by atoms with E-state index in [1.807, 2.05) is 20.0 Å². The van der Waals surface area contributed by atoms with Crippen LogP contribution in [0.15, 0.2) is 58.0 Å². The number of carbonyl (C=O) groups excluding carboxylic acids is 1. The first-order chi connectivity index (χ1) is 13.0. The van der Waals surface area contributed by atoms with Crippen molar-refractivity contribution in [3.05, 3.63) is 76.4 Å². The average Bonchev–Trinajstić information content (AvgIpc) is 3.22. The number of amides is 1. The van der Waals surface area contributed by atoms with Crippen LogP contribution in [0.2, 0.25) is 0 Å². The molecule has 0 bridgehead atoms. The van der Waals surface area contributed by atoms with E-state index in [1.165, 1.54) is 10.6 Å². The van der Waals surface area contributed by atoms with E-state index in [2.05, 4.69) is 15.4 Å². The minimum atomic E-state index is -0.385. The van der Waals surface area contributed by atoms with Gasteiger partial charge in [0.1, 0.15) is 5.76 Å². The van der Waals surface area contributed by atoms with Gasteiger partial charge < -0.3 is 14.3 Å². The lowest BCUT2D eigenvalue weighted by atomic mass is 10.2. The Morgan fingerprint density at radius 2 is 2.11 bits per heavy atom. The fraction of sp³-hybridized carbons (Fsp3) is 0.158. The highest BCUT2D eigenvalue weighted by atomic mass is 16.4. The zero-order chi connectivity index (χ0) is 19.0. The van der Waals surface area contributed by atoms with Crippen LogP contribution in [0, 0.1) is 6.92 Å². The van der Waals surface area contributed by atoms with Gasteiger partial charge in [0.05, 0.1) is 24.1 Å². The molecule has 0 saturated carbocycles. The Balaban J connectivity index is 1.52. The third-order valence-corrected chi connectivity index (χ3v) is 4.23. The monoisotopic (exact) mass is 363 g/mol. The molecule has 0 spiro atoms. The fourth-order valence-electron chi connectivity index (χ4n) is 2.91. The smallest absolute Gasteiger partial charge is 0.291 e. The van der Waals surface area contributed by atoms with E-state index in [-0.39, 0.29) is 23.8 Å². The number of nitrogens with zero attached hydrogens (tertiary/aromatic N) is 4. The van der Waals surface area contributed by atoms with E-state index >= 15 is 0 Å². The quantitative estimate of drug-likeness (QED) is 0.600. The van der Waals surface area contributed by atoms with Crippen molar-refractivity contribution in [2.24, 2.45) is 7.05 Å². The highest BCUT2D eigenvalue weighted by Gasteiger charge is 2.14. The van der Waals surface area contributed by atoms with Gasteiger partial charge in [0.25, 0.3) is 11.5 Å². The second-order valence-corrected chi connectivity index (χ2v) is 6.19. The van der Waals surface area contributed by atoms with Gasteiger partial charge in [-0.1, -0.05) is 6.07 Å². The molecule has 0 aliphatic rings. The van der Waals surface area contributed by atoms with E-state index < -0.39 is 0 Å². The third kappa shape index (κ3) is 3.24. The van der Waals surface area contributed by atoms with Gasteiger partial charge in [-0.25, -0.2) is 4.98 Å². The molecular weight excluding hydrogens is 346 g/mol. The minimum Gasteiger partial charge on any atom is -0.454 e. The number of aryl methyl sites for hydroxylation is 2. The summed E-state index contributed by atoms with van der Waals surface area (Å²) < 4.78 is 8.78. The SMILES string of the molecule is Cc1nn(C)c2ncc(NC(=O)c3ccc(Cn4ccccc4=O)o3)cc12. The molecular formula is C19H17N5O3. The summed E-state index contributed by atoms with van der Waals surface area (Å²) in [5.74, 6) is 0.298. The first-order valence-corrected chi connectivity index (χ1v) is 8.36. The van der Waals surface area contributed by atoms with E-state index in [4.69, 9.17) is 4.42 Å². The molecule has 0 unspecified atom stereocenters. The summed E-state index contributed by atoms with van der Waals surface area (Å²) in [6.07, 6.45) is 3.25. The molecule has 0 aromatic carbocycles. The normalized spacial score (nSPS) is 11.0. The van der Waals surface area contributed by atoms with Gasteiger partial charge >= 0.3 is 0 Å². The second kappa shape index (κ2) is 6.56. The second-order valence-electron chi connectivity index (χ2n) is 6.19. The number of pyridine rings is 2. The van der Waals surface area contributed by atoms with Crippen molar-refractivity contribution in [3.63, 3.8) is 0 Å². The Morgan fingerprint density at radius 1 is 1.26 bits per heavy atom. The van der Waals surface area contributed by atoms with Gasteiger partial charge in [-0.15, -0.1) is 0 Å². The summed E-state index contributed by atoms with van der Waals surface area (Å²) in [4.78, 5) is 28.6. The Hall–Kier alpha value is -3.68. The highest BCUT2D eigenvalue weighted by Crippen LogP contribution is 2.20. The molecule has 1 amide bonds. The van der Waals surface area contributed by atoms with Crippen molar-refractivity contribution in [2.75, 3.05) is 5.32 Å². The van der Waals surface area contributed by atoms with Crippen LogP contribution in [0.4, 0.5) is 5.69 Å². The number of aromatic nitrogens is 4. The molecule has 136 valence electrons. The van der Waals surface area contributed by atoms with Crippen LogP contribution in [0.5, 0.6) is 0 Å². The predicted molar refractivity (Wildman–Crippen MR) is 99.7 cm³/mol. The Bertz CT molecular complexity index is 1200. The molecule has 0 aliphatic heterocycles. The summed E-state index contributed by atoms with van der Waals surface area (Å²) >= 11 is 0. The highest BCUT2D eigenvalue weighted by molar-refractivity contribution is 6.03. The van der Waals surface area contributed by atoms with Crippen LogP contribution in [-0.2, 0) is 13.6 Å². The lowest BCUT2D eigenvalue weighted by Gasteiger charge is -2.04. The number of anilines is 1. The summed E-state index contributed by atoms with van der Waals surface area (Å²) in [6, 6.07) is 10.0. The van der Waals surface area contributed by atoms with Crippen molar-refractivity contribution in [1.82, 2.24) is 19.3 Å². The maximum atomic E-state index is 12.5. The number of fused-ring (bicyclic) bond motifs is 1. The topological polar surface area (TPSA) is 95.0 Å². The summed E-state index contributed by atoms with van der Waals surface area (Å²) in [5, 5.41) is 7.96. The summed E-state index contributed by atoms with van der Waals surface area (Å²) in [6.45, 7) is 2.15. The molecule has 8 nitrogen and oxygen atoms in total. The van der Waals surface area contributed by atoms with E-state index in [0.29, 0.717) is 11.4 Å². The fourth-order valence-corrected chi connectivity index (χ4v) is 2.91. The zero-order valence-corrected chi connectivity index (χ0v) is 14.8. The summed E-state index contributed by atoms with van der Waals surface area (Å²) in [5.41, 5.74) is 2.01. The van der Waals surface area contributed by atoms with E-state index in [9.17, 15) is 9.59 Å². The minimum absolute atomic E-state index is 0.133. The summed E-state index contributed by atoms with van der Waals surface area (Å²) in [7, 11) is 1.82. The number of carbonyl (C=O) groups is 1. The third-order valence-electron chi connectivity index (χ3n) is 4.23. The number of nitrogens with one attached hydrogen (secondary N) is 1. The van der Waals surface area contributed by atoms with Crippen LogP contribution in [0.3, 0.4) is 0 Å². The van der Waals surface area contributed by atoms with Crippen LogP contribution in [0.25, 0.3) is 11.0 Å². The van der Waals surface area contributed by atoms with E-state index in [1.54, 1.807) is 41.3 Å². The van der Waals surface area contributed by atoms with Crippen molar-refractivity contribution in [3.8, 4) is 0 Å². The Labute approximate surface area is 154 Å². The standard InChI is InChI=1S/C19H17N5O3/c1-12-15-9-13(10-20-18(15)23(2)22-12)21-19(26)16-7-6-14(27-16)11-24-8-4-3-5-17(24)25/h3-10H,11H2,1-2H3,(H,21,26). The van der Waals surface area contributed by atoms with Crippen LogP contribution >= 0.6 is 0 Å². The zero-order valence-electron chi connectivity index (χ0n) is 14.8. The number of furan rings is 1. The number of rotatable bonds is 4. The van der Waals surface area contributed by atoms with Crippen LogP contribution < -0.4 is 10.9 Å². The maximum absolute atomic E-state index is 12.5. The Morgan fingerprint density at radius 3 is 2.93 bits per heavy atom. The van der Waals surface area contributed by atoms with Gasteiger partial charge in [-0.3, -0.25) is 14.3 Å². The molecule has 0 aliphatic carbocycles. The molecule has 27 heavy (non-hydrogen) atoms. The Kier molecular flexibility index (Phi) is 4.08. The van der Waals surface area contributed by atoms with Crippen molar-refractivity contribution < 1.29 is 9.21 Å². The number of hydrogen-bond acceptors (Lipinski definition) is 5. The molecule has 0 radical (unpaired) electrons. The first kappa shape index (κ1) is 16.8. The van der Waals surface area contributed by atoms with Crippen LogP contribution in [-0.4, -0.2) is 25.2 Å². The maximum Gasteiger partial charge on any atom is 0.291 e. The van der Waals surface area contributed by atoms with Crippen molar-refractivity contribution in [1.29, 1.82) is 0 Å². The molecule has 4 aromatic rings. The molecule has 4 rings (SSSR count).